The van der Waals surface area contributed by atoms with Crippen molar-refractivity contribution >= 4 is 56.1 Å². The Morgan fingerprint density at radius 1 is 1.33 bits per heavy atom. The molecule has 16 nitrogen and oxygen atoms in total. The molecule has 1 fully saturated rings. The van der Waals surface area contributed by atoms with Crippen LogP contribution in [0.5, 0.6) is 0 Å². The smallest absolute Gasteiger partial charge is 0.362 e. The maximum Gasteiger partial charge on any atom is 0.362 e. The SMILES string of the molecule is C[C@H]1[C@H](NC(=O)C(=NOC(C)(C)C(=O)NNC(=O)c2ccco2)c2csc(N)n2)C(=O)N1S(=O)(=O)O. The number of β-lactam (4-membered cyclic amide) rings is 1. The maximum absolute atomic E-state index is 12.9. The summed E-state index contributed by atoms with van der Waals surface area (Å²) in [5.41, 5.74) is 7.61. The summed E-state index contributed by atoms with van der Waals surface area (Å²) in [5.74, 6) is -3.70. The second kappa shape index (κ2) is 9.91. The number of hydrogen-bond acceptors (Lipinski definition) is 12. The number of furan rings is 1. The predicted molar refractivity (Wildman–Crippen MR) is 122 cm³/mol. The molecule has 2 atom stereocenters. The summed E-state index contributed by atoms with van der Waals surface area (Å²) in [5, 5.41) is 7.44. The van der Waals surface area contributed by atoms with Crippen LogP contribution in [0.2, 0.25) is 0 Å². The van der Waals surface area contributed by atoms with E-state index in [2.05, 4.69) is 26.3 Å². The molecule has 4 amide bonds. The lowest BCUT2D eigenvalue weighted by Gasteiger charge is -2.42. The number of carbonyl (C=O) groups excluding carboxylic acids is 4. The average molecular weight is 544 g/mol. The Balaban J connectivity index is 1.73. The molecule has 0 saturated carbocycles. The summed E-state index contributed by atoms with van der Waals surface area (Å²) in [7, 11) is -4.80. The second-order valence-corrected chi connectivity index (χ2v) is 9.98. The molecule has 1 aliphatic rings. The van der Waals surface area contributed by atoms with E-state index in [-0.39, 0.29) is 20.9 Å². The van der Waals surface area contributed by atoms with E-state index in [0.29, 0.717) is 0 Å². The normalized spacial score (nSPS) is 18.3. The van der Waals surface area contributed by atoms with Gasteiger partial charge in [0.15, 0.2) is 16.6 Å². The maximum atomic E-state index is 12.9. The molecule has 0 unspecified atom stereocenters. The Labute approximate surface area is 207 Å². The molecule has 36 heavy (non-hydrogen) atoms. The quantitative estimate of drug-likeness (QED) is 0.115. The van der Waals surface area contributed by atoms with E-state index in [1.165, 1.54) is 44.5 Å². The fourth-order valence-corrected chi connectivity index (χ4v) is 4.28. The van der Waals surface area contributed by atoms with Gasteiger partial charge in [-0.15, -0.1) is 11.3 Å². The van der Waals surface area contributed by atoms with Crippen molar-refractivity contribution < 1.29 is 41.4 Å². The van der Waals surface area contributed by atoms with Crippen molar-refractivity contribution in [2.45, 2.75) is 38.5 Å². The number of rotatable bonds is 8. The minimum atomic E-state index is -4.80. The predicted octanol–water partition coefficient (Wildman–Crippen LogP) is -1.20. The molecule has 3 rings (SSSR count). The number of aromatic nitrogens is 1. The number of thiazole rings is 1. The summed E-state index contributed by atoms with van der Waals surface area (Å²) in [6.07, 6.45) is 1.27. The van der Waals surface area contributed by atoms with Gasteiger partial charge in [0.05, 0.1) is 12.3 Å². The number of hydrogen-bond donors (Lipinski definition) is 5. The third-order valence-electron chi connectivity index (χ3n) is 4.80. The van der Waals surface area contributed by atoms with Gasteiger partial charge in [-0.25, -0.2) is 9.29 Å². The summed E-state index contributed by atoms with van der Waals surface area (Å²) < 4.78 is 36.8. The number of oxime groups is 1. The average Bonchev–Trinajstić information content (AvgIpc) is 3.47. The molecule has 2 aromatic heterocycles. The number of carbonyl (C=O) groups is 4. The Hall–Kier alpha value is -4.03. The van der Waals surface area contributed by atoms with Crippen molar-refractivity contribution in [3.8, 4) is 0 Å². The molecule has 194 valence electrons. The van der Waals surface area contributed by atoms with E-state index in [1.54, 1.807) is 0 Å². The topological polar surface area (TPSA) is 236 Å². The van der Waals surface area contributed by atoms with Crippen molar-refractivity contribution in [1.29, 1.82) is 0 Å². The van der Waals surface area contributed by atoms with E-state index in [1.807, 2.05) is 0 Å². The van der Waals surface area contributed by atoms with Crippen LogP contribution < -0.4 is 21.9 Å². The number of hydrazine groups is 1. The van der Waals surface area contributed by atoms with Crippen LogP contribution in [0.15, 0.2) is 33.3 Å². The highest BCUT2D eigenvalue weighted by atomic mass is 32.2. The van der Waals surface area contributed by atoms with Crippen molar-refractivity contribution in [3.63, 3.8) is 0 Å². The standard InChI is InChI=1S/C18H21N7O9S2/c1-8-11(15(28)25(8)36(30,31)32)21-14(27)12(9-7-35-17(19)20-9)24-34-18(2,3)16(29)23-22-13(26)10-5-4-6-33-10/h4-8,11H,1-3H3,(H2,19,20)(H,21,27)(H,22,26)(H,23,29)(H,30,31,32)/t8-,11-/m0/s1. The zero-order chi connectivity index (χ0) is 26.8. The summed E-state index contributed by atoms with van der Waals surface area (Å²) >= 11 is 0.970. The van der Waals surface area contributed by atoms with Gasteiger partial charge in [-0.1, -0.05) is 5.16 Å². The first kappa shape index (κ1) is 26.6. The first-order valence-corrected chi connectivity index (χ1v) is 12.2. The molecule has 3 heterocycles. The number of nitrogens with zero attached hydrogens (tertiary/aromatic N) is 3. The number of nitrogens with one attached hydrogen (secondary N) is 3. The highest BCUT2D eigenvalue weighted by Gasteiger charge is 2.51. The molecule has 0 aromatic carbocycles. The van der Waals surface area contributed by atoms with Gasteiger partial charge in [0.25, 0.3) is 17.7 Å². The molecular weight excluding hydrogens is 522 g/mol. The molecule has 0 radical (unpaired) electrons. The van der Waals surface area contributed by atoms with Crippen LogP contribution >= 0.6 is 11.3 Å². The highest BCUT2D eigenvalue weighted by Crippen LogP contribution is 2.23. The van der Waals surface area contributed by atoms with E-state index >= 15 is 0 Å². The van der Waals surface area contributed by atoms with Crippen LogP contribution in [0.25, 0.3) is 0 Å². The lowest BCUT2D eigenvalue weighted by atomic mass is 10.0. The fraction of sp³-hybridized carbons (Fsp3) is 0.333. The fourth-order valence-electron chi connectivity index (χ4n) is 2.85. The van der Waals surface area contributed by atoms with Gasteiger partial charge in [-0.05, 0) is 32.9 Å². The van der Waals surface area contributed by atoms with Crippen LogP contribution in [-0.4, -0.2) is 69.3 Å². The van der Waals surface area contributed by atoms with Crippen molar-refractivity contribution in [2.24, 2.45) is 5.16 Å². The largest absolute Gasteiger partial charge is 0.459 e. The Bertz CT molecular complexity index is 1320. The van der Waals surface area contributed by atoms with Crippen molar-refractivity contribution in [2.75, 3.05) is 5.73 Å². The third-order valence-corrected chi connectivity index (χ3v) is 6.48. The van der Waals surface area contributed by atoms with E-state index in [9.17, 15) is 27.6 Å². The summed E-state index contributed by atoms with van der Waals surface area (Å²) in [6.45, 7) is 3.87. The minimum Gasteiger partial charge on any atom is -0.459 e. The molecule has 0 spiro atoms. The third kappa shape index (κ3) is 5.61. The molecule has 0 aliphatic carbocycles. The van der Waals surface area contributed by atoms with Crippen LogP contribution in [0.4, 0.5) is 5.13 Å². The van der Waals surface area contributed by atoms with E-state index < -0.39 is 57.3 Å². The molecule has 1 aliphatic heterocycles. The zero-order valence-electron chi connectivity index (χ0n) is 18.9. The number of amides is 4. The van der Waals surface area contributed by atoms with Gasteiger partial charge in [-0.2, -0.15) is 8.42 Å². The van der Waals surface area contributed by atoms with Crippen molar-refractivity contribution in [3.05, 3.63) is 35.2 Å². The van der Waals surface area contributed by atoms with Crippen LogP contribution in [0, 0.1) is 0 Å². The van der Waals surface area contributed by atoms with Gasteiger partial charge in [0.2, 0.25) is 5.60 Å². The monoisotopic (exact) mass is 543 g/mol. The van der Waals surface area contributed by atoms with Gasteiger partial charge in [-0.3, -0.25) is 34.6 Å². The number of nitrogens with two attached hydrogens (primary N) is 1. The zero-order valence-corrected chi connectivity index (χ0v) is 20.5. The lowest BCUT2D eigenvalue weighted by Crippen LogP contribution is -2.71. The molecule has 18 heteroatoms. The molecule has 1 saturated heterocycles. The van der Waals surface area contributed by atoms with Crippen LogP contribution in [0.3, 0.4) is 0 Å². The molecule has 6 N–H and O–H groups in total. The van der Waals surface area contributed by atoms with Gasteiger partial charge < -0.3 is 20.3 Å². The van der Waals surface area contributed by atoms with E-state index in [0.717, 1.165) is 11.3 Å². The van der Waals surface area contributed by atoms with Crippen LogP contribution in [0.1, 0.15) is 37.0 Å². The van der Waals surface area contributed by atoms with Gasteiger partial charge >= 0.3 is 16.2 Å². The second-order valence-electron chi connectivity index (χ2n) is 7.80. The van der Waals surface area contributed by atoms with Crippen molar-refractivity contribution in [1.82, 2.24) is 25.5 Å². The number of anilines is 1. The van der Waals surface area contributed by atoms with E-state index in [4.69, 9.17) is 19.5 Å². The number of nitrogen functional groups attached to an aromatic ring is 1. The Kier molecular flexibility index (Phi) is 7.32. The highest BCUT2D eigenvalue weighted by molar-refractivity contribution is 7.84. The Morgan fingerprint density at radius 2 is 2.03 bits per heavy atom. The minimum absolute atomic E-state index is 0.0524. The molecular formula is C18H21N7O9S2. The Morgan fingerprint density at radius 3 is 2.56 bits per heavy atom. The summed E-state index contributed by atoms with van der Waals surface area (Å²) in [6, 6.07) is 0.475. The molecule has 2 aromatic rings. The van der Waals surface area contributed by atoms with Gasteiger partial charge in [0.1, 0.15) is 11.7 Å². The first-order chi connectivity index (χ1) is 16.7. The molecule has 0 bridgehead atoms. The lowest BCUT2D eigenvalue weighted by molar-refractivity contribution is -0.144. The van der Waals surface area contributed by atoms with Crippen LogP contribution in [-0.2, 0) is 29.5 Å². The first-order valence-electron chi connectivity index (χ1n) is 9.95. The van der Waals surface area contributed by atoms with Gasteiger partial charge in [0, 0.05) is 5.38 Å². The summed E-state index contributed by atoms with van der Waals surface area (Å²) in [4.78, 5) is 58.6.